The lowest BCUT2D eigenvalue weighted by Crippen LogP contribution is -2.19. The molecule has 0 aliphatic heterocycles. The molecule has 1 atom stereocenters. The van der Waals surface area contributed by atoms with E-state index in [2.05, 4.69) is 33.4 Å². The van der Waals surface area contributed by atoms with Gasteiger partial charge in [0.2, 0.25) is 0 Å². The molecule has 0 spiro atoms. The molecule has 84 valence electrons. The molecule has 0 radical (unpaired) electrons. The molecule has 3 heteroatoms. The third kappa shape index (κ3) is 5.30. The average molecular weight is 272 g/mol. The van der Waals surface area contributed by atoms with Gasteiger partial charge in [-0.3, -0.25) is 0 Å². The number of benzene rings is 1. The van der Waals surface area contributed by atoms with Gasteiger partial charge in [-0.05, 0) is 37.1 Å². The molecule has 2 N–H and O–H groups in total. The van der Waals surface area contributed by atoms with Crippen LogP contribution in [0.2, 0.25) is 0 Å². The smallest absolute Gasteiger partial charge is 0.0549 e. The van der Waals surface area contributed by atoms with Crippen LogP contribution in [0.4, 0.5) is 0 Å². The van der Waals surface area contributed by atoms with E-state index >= 15 is 0 Å². The molecule has 0 heterocycles. The van der Waals surface area contributed by atoms with Crippen molar-refractivity contribution in [2.24, 2.45) is 0 Å². The number of aliphatic hydroxyl groups excluding tert-OH is 1. The molecule has 1 rings (SSSR count). The predicted octanol–water partition coefficient (Wildman–Crippen LogP) is 2.70. The summed E-state index contributed by atoms with van der Waals surface area (Å²) in [6.45, 7) is 3.72. The van der Waals surface area contributed by atoms with Crippen LogP contribution in [0.3, 0.4) is 0 Å². The van der Waals surface area contributed by atoms with Crippen molar-refractivity contribution in [1.29, 1.82) is 0 Å². The summed E-state index contributed by atoms with van der Waals surface area (Å²) in [5.41, 5.74) is 1.26. The number of hydrogen-bond donors (Lipinski definition) is 2. The van der Waals surface area contributed by atoms with Crippen molar-refractivity contribution in [1.82, 2.24) is 5.32 Å². The fourth-order valence-electron chi connectivity index (χ4n) is 1.35. The van der Waals surface area contributed by atoms with Crippen LogP contribution in [0, 0.1) is 0 Å². The summed E-state index contributed by atoms with van der Waals surface area (Å²) in [6.07, 6.45) is 1.49. The normalized spacial score (nSPS) is 12.7. The zero-order chi connectivity index (χ0) is 11.1. The van der Waals surface area contributed by atoms with Crippen LogP contribution >= 0.6 is 15.9 Å². The molecule has 1 unspecified atom stereocenters. The molecule has 0 aliphatic rings. The van der Waals surface area contributed by atoms with Crippen LogP contribution in [0.15, 0.2) is 28.7 Å². The molecule has 0 saturated heterocycles. The second kappa shape index (κ2) is 6.99. The van der Waals surface area contributed by atoms with Gasteiger partial charge in [-0.1, -0.05) is 35.0 Å². The Morgan fingerprint density at radius 1 is 1.47 bits per heavy atom. The Hall–Kier alpha value is -0.380. The summed E-state index contributed by atoms with van der Waals surface area (Å²) >= 11 is 3.44. The highest BCUT2D eigenvalue weighted by Gasteiger charge is 1.99. The molecule has 2 nitrogen and oxygen atoms in total. The Balaban J connectivity index is 2.20. The van der Waals surface area contributed by atoms with Gasteiger partial charge >= 0.3 is 0 Å². The molecular formula is C12H18BrNO. The second-order valence-electron chi connectivity index (χ2n) is 3.66. The first-order chi connectivity index (χ1) is 7.22. The van der Waals surface area contributed by atoms with Gasteiger partial charge in [0.25, 0.3) is 0 Å². The molecular weight excluding hydrogens is 254 g/mol. The van der Waals surface area contributed by atoms with Crippen LogP contribution in [0.1, 0.15) is 25.3 Å². The average Bonchev–Trinajstić information content (AvgIpc) is 2.24. The highest BCUT2D eigenvalue weighted by atomic mass is 79.9. The van der Waals surface area contributed by atoms with Gasteiger partial charge in [-0.25, -0.2) is 0 Å². The first kappa shape index (κ1) is 12.7. The van der Waals surface area contributed by atoms with Gasteiger partial charge < -0.3 is 10.4 Å². The molecule has 0 amide bonds. The van der Waals surface area contributed by atoms with Crippen LogP contribution in [-0.2, 0) is 6.54 Å². The molecule has 0 aliphatic carbocycles. The summed E-state index contributed by atoms with van der Waals surface area (Å²) in [5, 5.41) is 12.7. The maximum absolute atomic E-state index is 9.35. The quantitative estimate of drug-likeness (QED) is 0.780. The minimum Gasteiger partial charge on any atom is -0.393 e. The van der Waals surface area contributed by atoms with Crippen molar-refractivity contribution >= 4 is 15.9 Å². The number of aliphatic hydroxyl groups is 1. The topological polar surface area (TPSA) is 32.3 Å². The number of halogens is 1. The van der Waals surface area contributed by atoms with E-state index in [9.17, 15) is 5.11 Å². The lowest BCUT2D eigenvalue weighted by atomic mass is 10.2. The van der Waals surface area contributed by atoms with E-state index < -0.39 is 0 Å². The standard InChI is InChI=1S/C12H18BrNO/c1-2-12(15)6-7-14-9-10-4-3-5-11(13)8-10/h3-5,8,12,14-15H,2,6-7,9H2,1H3. The van der Waals surface area contributed by atoms with Crippen molar-refractivity contribution < 1.29 is 5.11 Å². The summed E-state index contributed by atoms with van der Waals surface area (Å²) in [7, 11) is 0. The minimum atomic E-state index is -0.167. The van der Waals surface area contributed by atoms with Gasteiger partial charge in [0.15, 0.2) is 0 Å². The Labute approximate surface area is 99.8 Å². The fraction of sp³-hybridized carbons (Fsp3) is 0.500. The molecule has 15 heavy (non-hydrogen) atoms. The van der Waals surface area contributed by atoms with E-state index in [1.165, 1.54) is 5.56 Å². The summed E-state index contributed by atoms with van der Waals surface area (Å²) in [5.74, 6) is 0. The highest BCUT2D eigenvalue weighted by molar-refractivity contribution is 9.10. The summed E-state index contributed by atoms with van der Waals surface area (Å²) < 4.78 is 1.11. The SMILES string of the molecule is CCC(O)CCNCc1cccc(Br)c1. The van der Waals surface area contributed by atoms with Crippen molar-refractivity contribution in [3.63, 3.8) is 0 Å². The molecule has 0 bridgehead atoms. The second-order valence-corrected chi connectivity index (χ2v) is 4.57. The number of nitrogens with one attached hydrogen (secondary N) is 1. The molecule has 1 aromatic carbocycles. The van der Waals surface area contributed by atoms with E-state index in [0.717, 1.165) is 30.4 Å². The first-order valence-electron chi connectivity index (χ1n) is 5.35. The summed E-state index contributed by atoms with van der Waals surface area (Å²) in [4.78, 5) is 0. The molecule has 1 aromatic rings. The van der Waals surface area contributed by atoms with Crippen LogP contribution in [0.25, 0.3) is 0 Å². The monoisotopic (exact) mass is 271 g/mol. The van der Waals surface area contributed by atoms with Gasteiger partial charge in [-0.2, -0.15) is 0 Å². The maximum atomic E-state index is 9.35. The Kier molecular flexibility index (Phi) is 5.91. The van der Waals surface area contributed by atoms with E-state index in [-0.39, 0.29) is 6.10 Å². The fourth-order valence-corrected chi connectivity index (χ4v) is 1.80. The van der Waals surface area contributed by atoms with E-state index in [0.29, 0.717) is 0 Å². The van der Waals surface area contributed by atoms with Crippen molar-refractivity contribution in [2.45, 2.75) is 32.4 Å². The van der Waals surface area contributed by atoms with Gasteiger partial charge in [0, 0.05) is 11.0 Å². The lowest BCUT2D eigenvalue weighted by molar-refractivity contribution is 0.159. The minimum absolute atomic E-state index is 0.167. The highest BCUT2D eigenvalue weighted by Crippen LogP contribution is 2.11. The molecule has 0 aromatic heterocycles. The number of hydrogen-bond acceptors (Lipinski definition) is 2. The van der Waals surface area contributed by atoms with Crippen LogP contribution in [-0.4, -0.2) is 17.8 Å². The van der Waals surface area contributed by atoms with E-state index in [1.54, 1.807) is 0 Å². The molecule has 0 saturated carbocycles. The largest absolute Gasteiger partial charge is 0.393 e. The predicted molar refractivity (Wildman–Crippen MR) is 66.8 cm³/mol. The third-order valence-electron chi connectivity index (χ3n) is 2.34. The zero-order valence-corrected chi connectivity index (χ0v) is 10.6. The van der Waals surface area contributed by atoms with E-state index in [4.69, 9.17) is 0 Å². The lowest BCUT2D eigenvalue weighted by Gasteiger charge is -2.08. The Bertz CT molecular complexity index is 291. The van der Waals surface area contributed by atoms with Crippen molar-refractivity contribution in [3.8, 4) is 0 Å². The van der Waals surface area contributed by atoms with E-state index in [1.807, 2.05) is 19.1 Å². The Morgan fingerprint density at radius 2 is 2.27 bits per heavy atom. The number of rotatable bonds is 6. The van der Waals surface area contributed by atoms with Gasteiger partial charge in [-0.15, -0.1) is 0 Å². The zero-order valence-electron chi connectivity index (χ0n) is 9.04. The van der Waals surface area contributed by atoms with Gasteiger partial charge in [0.05, 0.1) is 6.10 Å². The third-order valence-corrected chi connectivity index (χ3v) is 2.84. The Morgan fingerprint density at radius 3 is 2.93 bits per heavy atom. The first-order valence-corrected chi connectivity index (χ1v) is 6.15. The van der Waals surface area contributed by atoms with Crippen LogP contribution in [0.5, 0.6) is 0 Å². The van der Waals surface area contributed by atoms with Crippen molar-refractivity contribution in [2.75, 3.05) is 6.54 Å². The van der Waals surface area contributed by atoms with Gasteiger partial charge in [0.1, 0.15) is 0 Å². The molecule has 0 fully saturated rings. The van der Waals surface area contributed by atoms with Crippen molar-refractivity contribution in [3.05, 3.63) is 34.3 Å². The summed E-state index contributed by atoms with van der Waals surface area (Å²) in [6, 6.07) is 8.24. The maximum Gasteiger partial charge on any atom is 0.0549 e. The van der Waals surface area contributed by atoms with Crippen LogP contribution < -0.4 is 5.32 Å².